The summed E-state index contributed by atoms with van der Waals surface area (Å²) >= 11 is 0. The summed E-state index contributed by atoms with van der Waals surface area (Å²) in [5.74, 6) is 0.480. The van der Waals surface area contributed by atoms with Crippen LogP contribution in [0.3, 0.4) is 0 Å². The van der Waals surface area contributed by atoms with Gasteiger partial charge >= 0.3 is 0 Å². The molecule has 0 radical (unpaired) electrons. The quantitative estimate of drug-likeness (QED) is 0.797. The number of hydrogen-bond acceptors (Lipinski definition) is 3. The molecule has 1 heterocycles. The first-order valence-corrected chi connectivity index (χ1v) is 6.30. The molecular weight excluding hydrogens is 243 g/mol. The highest BCUT2D eigenvalue weighted by Gasteiger charge is 2.19. The van der Waals surface area contributed by atoms with E-state index >= 15 is 0 Å². The van der Waals surface area contributed by atoms with Gasteiger partial charge in [0, 0.05) is 12.2 Å². The summed E-state index contributed by atoms with van der Waals surface area (Å²) in [7, 11) is 0. The minimum absolute atomic E-state index is 0.309. The van der Waals surface area contributed by atoms with Crippen molar-refractivity contribution in [1.29, 1.82) is 0 Å². The largest absolute Gasteiger partial charge is 0.491 e. The normalized spacial score (nSPS) is 14.5. The maximum absolute atomic E-state index is 14.1. The summed E-state index contributed by atoms with van der Waals surface area (Å²) in [6.07, 6.45) is 0.846. The van der Waals surface area contributed by atoms with Gasteiger partial charge in [-0.2, -0.15) is 0 Å². The van der Waals surface area contributed by atoms with E-state index in [1.807, 2.05) is 29.2 Å². The average Bonchev–Trinajstić information content (AvgIpc) is 2.61. The molecule has 0 bridgehead atoms. The van der Waals surface area contributed by atoms with E-state index < -0.39 is 0 Å². The Morgan fingerprint density at radius 2 is 1.95 bits per heavy atom. The number of rotatable bonds is 1. The topological polar surface area (TPSA) is 38.5 Å². The van der Waals surface area contributed by atoms with Crippen LogP contribution in [0.15, 0.2) is 42.5 Å². The first kappa shape index (κ1) is 11.8. The van der Waals surface area contributed by atoms with Crippen molar-refractivity contribution in [3.63, 3.8) is 0 Å². The molecule has 0 saturated carbocycles. The second-order valence-corrected chi connectivity index (χ2v) is 4.53. The molecule has 98 valence electrons. The van der Waals surface area contributed by atoms with Gasteiger partial charge in [-0.3, -0.25) is 0 Å². The summed E-state index contributed by atoms with van der Waals surface area (Å²) < 4.78 is 19.8. The maximum atomic E-state index is 14.1. The molecule has 0 aliphatic carbocycles. The highest BCUT2D eigenvalue weighted by atomic mass is 19.1. The van der Waals surface area contributed by atoms with Gasteiger partial charge in [-0.15, -0.1) is 0 Å². The Bertz CT molecular complexity index is 600. The Morgan fingerprint density at radius 3 is 2.79 bits per heavy atom. The molecule has 3 nitrogen and oxygen atoms in total. The van der Waals surface area contributed by atoms with E-state index in [1.54, 1.807) is 12.1 Å². The van der Waals surface area contributed by atoms with E-state index in [1.165, 1.54) is 6.07 Å². The minimum Gasteiger partial charge on any atom is -0.491 e. The van der Waals surface area contributed by atoms with Crippen LogP contribution in [0.5, 0.6) is 5.75 Å². The van der Waals surface area contributed by atoms with Gasteiger partial charge in [0.2, 0.25) is 0 Å². The molecule has 0 spiro atoms. The van der Waals surface area contributed by atoms with Crippen LogP contribution in [0, 0.1) is 5.82 Å². The number of benzene rings is 2. The molecule has 1 aliphatic heterocycles. The Labute approximate surface area is 111 Å². The van der Waals surface area contributed by atoms with E-state index in [4.69, 9.17) is 10.5 Å². The monoisotopic (exact) mass is 258 g/mol. The predicted octanol–water partition coefficient (Wildman–Crippen LogP) is 3.33. The van der Waals surface area contributed by atoms with Crippen LogP contribution in [0.1, 0.15) is 6.42 Å². The van der Waals surface area contributed by atoms with Crippen molar-refractivity contribution in [2.75, 3.05) is 23.8 Å². The third kappa shape index (κ3) is 2.21. The summed E-state index contributed by atoms with van der Waals surface area (Å²) in [4.78, 5) is 1.94. The van der Waals surface area contributed by atoms with Gasteiger partial charge in [-0.1, -0.05) is 12.1 Å². The lowest BCUT2D eigenvalue weighted by Crippen LogP contribution is -2.18. The summed E-state index contributed by atoms with van der Waals surface area (Å²) in [5.41, 5.74) is 7.46. The van der Waals surface area contributed by atoms with Gasteiger partial charge in [0.25, 0.3) is 0 Å². The van der Waals surface area contributed by atoms with Gasteiger partial charge in [0.1, 0.15) is 11.6 Å². The number of ether oxygens (including phenoxy) is 1. The molecule has 0 saturated heterocycles. The smallest absolute Gasteiger partial charge is 0.148 e. The molecule has 19 heavy (non-hydrogen) atoms. The fraction of sp³-hybridized carbons (Fsp3) is 0.200. The van der Waals surface area contributed by atoms with Crippen molar-refractivity contribution in [3.8, 4) is 5.75 Å². The number of nitrogen functional groups attached to an aromatic ring is 1. The van der Waals surface area contributed by atoms with Crippen LogP contribution >= 0.6 is 0 Å². The lowest BCUT2D eigenvalue weighted by Gasteiger charge is -2.24. The summed E-state index contributed by atoms with van der Waals surface area (Å²) in [5, 5.41) is 0. The van der Waals surface area contributed by atoms with Crippen molar-refractivity contribution < 1.29 is 9.13 Å². The van der Waals surface area contributed by atoms with Crippen LogP contribution in [-0.4, -0.2) is 13.2 Å². The maximum Gasteiger partial charge on any atom is 0.148 e. The highest BCUT2D eigenvalue weighted by Crippen LogP contribution is 2.37. The molecule has 0 unspecified atom stereocenters. The lowest BCUT2D eigenvalue weighted by atomic mass is 10.2. The zero-order valence-corrected chi connectivity index (χ0v) is 10.5. The molecule has 1 aliphatic rings. The second-order valence-electron chi connectivity index (χ2n) is 4.53. The molecule has 4 heteroatoms. The number of nitrogens with two attached hydrogens (primary N) is 1. The molecule has 0 aromatic heterocycles. The van der Waals surface area contributed by atoms with E-state index in [2.05, 4.69) is 0 Å². The van der Waals surface area contributed by atoms with Crippen LogP contribution in [0.2, 0.25) is 0 Å². The number of halogens is 1. The van der Waals surface area contributed by atoms with Gasteiger partial charge < -0.3 is 15.4 Å². The number of para-hydroxylation sites is 2. The van der Waals surface area contributed by atoms with E-state index in [9.17, 15) is 4.39 Å². The number of fused-ring (bicyclic) bond motifs is 1. The Kier molecular flexibility index (Phi) is 2.99. The standard InChI is InChI=1S/C15H15FN2O/c16-12-10-11(17)6-7-13(12)18-8-3-9-19-15-5-2-1-4-14(15)18/h1-2,4-7,10H,3,8-9,17H2. The zero-order valence-electron chi connectivity index (χ0n) is 10.5. The zero-order chi connectivity index (χ0) is 13.2. The SMILES string of the molecule is Nc1ccc(N2CCCOc3ccccc32)c(F)c1. The van der Waals surface area contributed by atoms with Crippen molar-refractivity contribution in [2.24, 2.45) is 0 Å². The molecular formula is C15H15FN2O. The Hall–Kier alpha value is -2.23. The molecule has 0 fully saturated rings. The third-order valence-corrected chi connectivity index (χ3v) is 3.20. The Morgan fingerprint density at radius 1 is 1.11 bits per heavy atom. The van der Waals surface area contributed by atoms with E-state index in [0.717, 1.165) is 24.4 Å². The molecule has 3 rings (SSSR count). The van der Waals surface area contributed by atoms with Crippen molar-refractivity contribution >= 4 is 17.1 Å². The first-order chi connectivity index (χ1) is 9.25. The summed E-state index contributed by atoms with van der Waals surface area (Å²) in [6.45, 7) is 1.36. The third-order valence-electron chi connectivity index (χ3n) is 3.20. The number of hydrogen-bond donors (Lipinski definition) is 1. The van der Waals surface area contributed by atoms with E-state index in [-0.39, 0.29) is 5.82 Å². The summed E-state index contributed by atoms with van der Waals surface area (Å²) in [6, 6.07) is 12.5. The van der Waals surface area contributed by atoms with Crippen molar-refractivity contribution in [3.05, 3.63) is 48.3 Å². The predicted molar refractivity (Wildman–Crippen MR) is 74.4 cm³/mol. The van der Waals surface area contributed by atoms with Crippen LogP contribution in [0.25, 0.3) is 0 Å². The highest BCUT2D eigenvalue weighted by molar-refractivity contribution is 5.71. The van der Waals surface area contributed by atoms with Gasteiger partial charge in [-0.05, 0) is 36.8 Å². The van der Waals surface area contributed by atoms with Crippen LogP contribution in [-0.2, 0) is 0 Å². The fourth-order valence-electron chi connectivity index (χ4n) is 2.32. The van der Waals surface area contributed by atoms with Gasteiger partial charge in [0.05, 0.1) is 18.0 Å². The number of nitrogens with zero attached hydrogens (tertiary/aromatic N) is 1. The average molecular weight is 258 g/mol. The second kappa shape index (κ2) is 4.80. The fourth-order valence-corrected chi connectivity index (χ4v) is 2.32. The first-order valence-electron chi connectivity index (χ1n) is 6.30. The molecule has 2 aromatic rings. The van der Waals surface area contributed by atoms with Gasteiger partial charge in [0.15, 0.2) is 0 Å². The van der Waals surface area contributed by atoms with Crippen LogP contribution < -0.4 is 15.4 Å². The number of anilines is 3. The van der Waals surface area contributed by atoms with Crippen LogP contribution in [0.4, 0.5) is 21.5 Å². The molecule has 2 aromatic carbocycles. The van der Waals surface area contributed by atoms with Crippen molar-refractivity contribution in [2.45, 2.75) is 6.42 Å². The van der Waals surface area contributed by atoms with Crippen molar-refractivity contribution in [1.82, 2.24) is 0 Å². The minimum atomic E-state index is -0.309. The molecule has 0 amide bonds. The van der Waals surface area contributed by atoms with Gasteiger partial charge in [-0.25, -0.2) is 4.39 Å². The van der Waals surface area contributed by atoms with E-state index in [0.29, 0.717) is 18.0 Å². The Balaban J connectivity index is 2.09. The lowest BCUT2D eigenvalue weighted by molar-refractivity contribution is 0.322. The molecule has 0 atom stereocenters. The molecule has 2 N–H and O–H groups in total.